The highest BCUT2D eigenvalue weighted by Gasteiger charge is 2.18. The van der Waals surface area contributed by atoms with Crippen molar-refractivity contribution in [3.8, 4) is 34.5 Å². The van der Waals surface area contributed by atoms with Crippen LogP contribution in [0.5, 0.6) is 34.5 Å². The largest absolute Gasteiger partial charge is 0.504 e. The molecule has 0 saturated carbocycles. The molecular formula is C19H20O8. The first-order chi connectivity index (χ1) is 13.0. The van der Waals surface area contributed by atoms with E-state index < -0.39 is 11.5 Å². The molecule has 2 rings (SSSR count). The smallest absolute Gasteiger partial charge is 0.298 e. The summed E-state index contributed by atoms with van der Waals surface area (Å²) in [5.41, 5.74) is 0.630. The highest BCUT2D eigenvalue weighted by atomic mass is 16.5. The number of phenolic OH excluding ortho intramolecular Hbond substituents is 2. The van der Waals surface area contributed by atoms with Gasteiger partial charge in [0.2, 0.25) is 11.5 Å². The van der Waals surface area contributed by atoms with Gasteiger partial charge in [0.1, 0.15) is 5.76 Å². The molecule has 0 spiro atoms. The quantitative estimate of drug-likeness (QED) is 0.314. The van der Waals surface area contributed by atoms with E-state index >= 15 is 0 Å². The summed E-state index contributed by atoms with van der Waals surface area (Å²) >= 11 is 0. The second kappa shape index (κ2) is 8.70. The van der Waals surface area contributed by atoms with Crippen LogP contribution >= 0.6 is 0 Å². The predicted octanol–water partition coefficient (Wildman–Crippen LogP) is 2.80. The maximum atomic E-state index is 11.0. The Morgan fingerprint density at radius 1 is 0.852 bits per heavy atom. The summed E-state index contributed by atoms with van der Waals surface area (Å²) < 4.78 is 25.8. The Labute approximate surface area is 156 Å². The van der Waals surface area contributed by atoms with Crippen molar-refractivity contribution in [3.63, 3.8) is 0 Å². The molecule has 0 aromatic heterocycles. The van der Waals surface area contributed by atoms with E-state index in [4.69, 9.17) is 23.7 Å². The second-order valence-corrected chi connectivity index (χ2v) is 5.19. The molecule has 2 aromatic rings. The van der Waals surface area contributed by atoms with Gasteiger partial charge in [-0.3, -0.25) is 4.79 Å². The van der Waals surface area contributed by atoms with E-state index in [2.05, 4.69) is 0 Å². The van der Waals surface area contributed by atoms with Gasteiger partial charge in [-0.05, 0) is 30.3 Å². The zero-order valence-electron chi connectivity index (χ0n) is 15.3. The summed E-state index contributed by atoms with van der Waals surface area (Å²) in [5, 5.41) is 20.1. The third kappa shape index (κ3) is 4.00. The van der Waals surface area contributed by atoms with Gasteiger partial charge in [-0.15, -0.1) is 0 Å². The Morgan fingerprint density at radius 3 is 1.93 bits per heavy atom. The molecule has 0 amide bonds. The van der Waals surface area contributed by atoms with Crippen molar-refractivity contribution >= 4 is 18.3 Å². The van der Waals surface area contributed by atoms with Crippen LogP contribution in [0.15, 0.2) is 24.3 Å². The van der Waals surface area contributed by atoms with Crippen LogP contribution in [0.25, 0.3) is 11.8 Å². The number of rotatable bonds is 8. The Bertz CT molecular complexity index is 832. The number of phenols is 2. The van der Waals surface area contributed by atoms with Crippen molar-refractivity contribution in [3.05, 3.63) is 35.4 Å². The van der Waals surface area contributed by atoms with E-state index in [1.807, 2.05) is 0 Å². The first-order valence-corrected chi connectivity index (χ1v) is 7.71. The normalized spacial score (nSPS) is 10.9. The van der Waals surface area contributed by atoms with Crippen molar-refractivity contribution in [2.24, 2.45) is 0 Å². The van der Waals surface area contributed by atoms with Crippen LogP contribution in [0.1, 0.15) is 11.1 Å². The maximum Gasteiger partial charge on any atom is 0.298 e. The molecule has 0 heterocycles. The number of ether oxygens (including phenoxy) is 5. The molecule has 0 fully saturated rings. The van der Waals surface area contributed by atoms with Crippen molar-refractivity contribution in [2.45, 2.75) is 0 Å². The molecule has 0 aliphatic heterocycles. The number of methoxy groups -OCH3 is 4. The van der Waals surface area contributed by atoms with Gasteiger partial charge in [0.25, 0.3) is 6.47 Å². The van der Waals surface area contributed by atoms with Crippen molar-refractivity contribution in [1.82, 2.24) is 0 Å². The van der Waals surface area contributed by atoms with Gasteiger partial charge in [-0.25, -0.2) is 0 Å². The van der Waals surface area contributed by atoms with Crippen molar-refractivity contribution in [2.75, 3.05) is 28.4 Å². The zero-order valence-corrected chi connectivity index (χ0v) is 15.3. The molecule has 0 aliphatic carbocycles. The van der Waals surface area contributed by atoms with Crippen LogP contribution in [0.3, 0.4) is 0 Å². The van der Waals surface area contributed by atoms with E-state index in [0.29, 0.717) is 22.8 Å². The van der Waals surface area contributed by atoms with Crippen LogP contribution in [-0.4, -0.2) is 45.1 Å². The molecule has 8 heteroatoms. The molecule has 27 heavy (non-hydrogen) atoms. The lowest BCUT2D eigenvalue weighted by molar-refractivity contribution is -0.122. The fourth-order valence-corrected chi connectivity index (χ4v) is 2.46. The summed E-state index contributed by atoms with van der Waals surface area (Å²) in [7, 11) is 5.74. The summed E-state index contributed by atoms with van der Waals surface area (Å²) in [6.45, 7) is 0.245. The highest BCUT2D eigenvalue weighted by Crippen LogP contribution is 2.42. The van der Waals surface area contributed by atoms with E-state index in [1.54, 1.807) is 12.1 Å². The summed E-state index contributed by atoms with van der Waals surface area (Å²) in [6.07, 6.45) is 1.38. The summed E-state index contributed by atoms with van der Waals surface area (Å²) in [6, 6.07) is 6.13. The molecule has 2 aromatic carbocycles. The zero-order chi connectivity index (χ0) is 20.0. The van der Waals surface area contributed by atoms with E-state index in [1.165, 1.54) is 46.6 Å². The van der Waals surface area contributed by atoms with E-state index in [0.717, 1.165) is 0 Å². The van der Waals surface area contributed by atoms with E-state index in [9.17, 15) is 15.0 Å². The first kappa shape index (κ1) is 19.8. The SMILES string of the molecule is COc1ccc(/C=C(/OC=O)c2cc(OC)c(OC)c(OC)c2)c(O)c1O. The predicted molar refractivity (Wildman–Crippen MR) is 97.4 cm³/mol. The molecule has 0 unspecified atom stereocenters. The van der Waals surface area contributed by atoms with Crippen LogP contribution in [0.4, 0.5) is 0 Å². The van der Waals surface area contributed by atoms with Gasteiger partial charge in [0.05, 0.1) is 28.4 Å². The van der Waals surface area contributed by atoms with E-state index in [-0.39, 0.29) is 23.5 Å². The third-order valence-corrected chi connectivity index (χ3v) is 3.78. The summed E-state index contributed by atoms with van der Waals surface area (Å²) in [4.78, 5) is 11.0. The second-order valence-electron chi connectivity index (χ2n) is 5.19. The lowest BCUT2D eigenvalue weighted by Gasteiger charge is -2.15. The van der Waals surface area contributed by atoms with Gasteiger partial charge in [-0.2, -0.15) is 0 Å². The number of carbonyl (C=O) groups excluding carboxylic acids is 1. The molecule has 0 bridgehead atoms. The minimum absolute atomic E-state index is 0.0871. The number of aromatic hydroxyl groups is 2. The lowest BCUT2D eigenvalue weighted by atomic mass is 10.1. The maximum absolute atomic E-state index is 11.0. The Balaban J connectivity index is 2.63. The first-order valence-electron chi connectivity index (χ1n) is 7.71. The molecule has 2 N–H and O–H groups in total. The average molecular weight is 376 g/mol. The third-order valence-electron chi connectivity index (χ3n) is 3.78. The Morgan fingerprint density at radius 2 is 1.44 bits per heavy atom. The number of hydrogen-bond acceptors (Lipinski definition) is 8. The minimum Gasteiger partial charge on any atom is -0.504 e. The number of benzene rings is 2. The standard InChI is InChI=1S/C19H20O8/c1-23-13-6-5-11(17(21)18(13)22)7-14(27-10-20)12-8-15(24-2)19(26-4)16(9-12)25-3/h5-10,21-22H,1-4H3/b14-7+. The van der Waals surface area contributed by atoms with Gasteiger partial charge >= 0.3 is 0 Å². The lowest BCUT2D eigenvalue weighted by Crippen LogP contribution is -1.98. The fraction of sp³-hybridized carbons (Fsp3) is 0.211. The highest BCUT2D eigenvalue weighted by molar-refractivity contribution is 5.84. The minimum atomic E-state index is -0.429. The molecule has 0 saturated heterocycles. The van der Waals surface area contributed by atoms with Crippen LogP contribution in [-0.2, 0) is 9.53 Å². The molecule has 144 valence electrons. The molecule has 8 nitrogen and oxygen atoms in total. The van der Waals surface area contributed by atoms with Gasteiger partial charge in [0.15, 0.2) is 23.0 Å². The molecule has 0 atom stereocenters. The fourth-order valence-electron chi connectivity index (χ4n) is 2.46. The van der Waals surface area contributed by atoms with Crippen LogP contribution < -0.4 is 18.9 Å². The van der Waals surface area contributed by atoms with Crippen LogP contribution in [0.2, 0.25) is 0 Å². The van der Waals surface area contributed by atoms with Gasteiger partial charge in [0, 0.05) is 11.1 Å². The Kier molecular flexibility index (Phi) is 6.37. The Hall–Kier alpha value is -3.55. The van der Waals surface area contributed by atoms with Gasteiger partial charge < -0.3 is 33.9 Å². The number of hydrogen-bond donors (Lipinski definition) is 2. The summed E-state index contributed by atoms with van der Waals surface area (Å²) in [5.74, 6) is 0.428. The number of carbonyl (C=O) groups is 1. The molecule has 0 radical (unpaired) electrons. The monoisotopic (exact) mass is 376 g/mol. The topological polar surface area (TPSA) is 104 Å². The van der Waals surface area contributed by atoms with Crippen LogP contribution in [0, 0.1) is 0 Å². The molecule has 0 aliphatic rings. The van der Waals surface area contributed by atoms with Crippen molar-refractivity contribution in [1.29, 1.82) is 0 Å². The average Bonchev–Trinajstić information content (AvgIpc) is 2.69. The molecular weight excluding hydrogens is 356 g/mol. The van der Waals surface area contributed by atoms with Crippen molar-refractivity contribution < 1.29 is 38.7 Å². The van der Waals surface area contributed by atoms with Gasteiger partial charge in [-0.1, -0.05) is 0 Å².